The fourth-order valence-corrected chi connectivity index (χ4v) is 1.64. The Kier molecular flexibility index (Phi) is 4.77. The molecular formula is C14H18N2O2. The summed E-state index contributed by atoms with van der Waals surface area (Å²) in [4.78, 5) is 26.7. The molecule has 0 radical (unpaired) electrons. The standard InChI is InChI=1S/C12H12N2O2.C2H6/c1-8(15)5-12(16)9-3-4-11-10(6-9)13-7-14(11)2;1-2/h3-4,6-7H,5H2,1-2H3;1-2H3. The van der Waals surface area contributed by atoms with Crippen molar-refractivity contribution in [2.75, 3.05) is 0 Å². The summed E-state index contributed by atoms with van der Waals surface area (Å²) in [6, 6.07) is 5.30. The van der Waals surface area contributed by atoms with Crippen LogP contribution in [0.15, 0.2) is 24.5 Å². The van der Waals surface area contributed by atoms with E-state index in [4.69, 9.17) is 0 Å². The van der Waals surface area contributed by atoms with E-state index in [1.165, 1.54) is 6.92 Å². The second-order valence-electron chi connectivity index (χ2n) is 3.86. The molecule has 96 valence electrons. The van der Waals surface area contributed by atoms with Crippen LogP contribution >= 0.6 is 0 Å². The molecule has 0 aliphatic rings. The van der Waals surface area contributed by atoms with Crippen LogP contribution in [0, 0.1) is 0 Å². The number of ketones is 2. The number of aromatic nitrogens is 2. The number of hydrogen-bond donors (Lipinski definition) is 0. The molecule has 0 atom stereocenters. The largest absolute Gasteiger partial charge is 0.334 e. The number of imidazole rings is 1. The summed E-state index contributed by atoms with van der Waals surface area (Å²) in [6.45, 7) is 5.41. The number of aryl methyl sites for hydroxylation is 1. The molecule has 0 aliphatic carbocycles. The van der Waals surface area contributed by atoms with Crippen molar-refractivity contribution in [1.29, 1.82) is 0 Å². The highest BCUT2D eigenvalue weighted by atomic mass is 16.1. The highest BCUT2D eigenvalue weighted by Gasteiger charge is 2.10. The Bertz CT molecular complexity index is 570. The molecule has 4 heteroatoms. The van der Waals surface area contributed by atoms with Gasteiger partial charge in [-0.2, -0.15) is 0 Å². The van der Waals surface area contributed by atoms with Gasteiger partial charge in [0.2, 0.25) is 0 Å². The van der Waals surface area contributed by atoms with Crippen LogP contribution in [0.4, 0.5) is 0 Å². The second kappa shape index (κ2) is 6.10. The zero-order chi connectivity index (χ0) is 13.7. The van der Waals surface area contributed by atoms with Crippen LogP contribution in [-0.4, -0.2) is 21.1 Å². The summed E-state index contributed by atoms with van der Waals surface area (Å²) in [6.07, 6.45) is 1.65. The molecule has 0 unspecified atom stereocenters. The molecule has 0 saturated carbocycles. The van der Waals surface area contributed by atoms with Crippen molar-refractivity contribution in [2.45, 2.75) is 27.2 Å². The van der Waals surface area contributed by atoms with Gasteiger partial charge < -0.3 is 4.57 Å². The summed E-state index contributed by atoms with van der Waals surface area (Å²) in [7, 11) is 1.90. The molecule has 1 aromatic carbocycles. The minimum Gasteiger partial charge on any atom is -0.334 e. The first-order valence-corrected chi connectivity index (χ1v) is 6.01. The number of hydrogen-bond acceptors (Lipinski definition) is 3. The molecule has 0 fully saturated rings. The number of benzene rings is 1. The van der Waals surface area contributed by atoms with Crippen molar-refractivity contribution in [3.05, 3.63) is 30.1 Å². The van der Waals surface area contributed by atoms with Gasteiger partial charge in [-0.25, -0.2) is 4.98 Å². The van der Waals surface area contributed by atoms with Crippen LogP contribution in [0.1, 0.15) is 37.6 Å². The quantitative estimate of drug-likeness (QED) is 0.618. The highest BCUT2D eigenvalue weighted by molar-refractivity contribution is 6.08. The zero-order valence-electron chi connectivity index (χ0n) is 11.2. The molecule has 1 heterocycles. The summed E-state index contributed by atoms with van der Waals surface area (Å²) < 4.78 is 1.88. The maximum absolute atomic E-state index is 11.7. The topological polar surface area (TPSA) is 52.0 Å². The Labute approximate surface area is 107 Å². The van der Waals surface area contributed by atoms with E-state index in [1.54, 1.807) is 18.5 Å². The van der Waals surface area contributed by atoms with E-state index in [-0.39, 0.29) is 18.0 Å². The molecule has 0 spiro atoms. The van der Waals surface area contributed by atoms with Gasteiger partial charge in [-0.05, 0) is 25.1 Å². The van der Waals surface area contributed by atoms with E-state index in [9.17, 15) is 9.59 Å². The van der Waals surface area contributed by atoms with E-state index in [2.05, 4.69) is 4.98 Å². The summed E-state index contributed by atoms with van der Waals surface area (Å²) in [5.41, 5.74) is 2.29. The van der Waals surface area contributed by atoms with Crippen molar-refractivity contribution in [3.8, 4) is 0 Å². The number of carbonyl (C=O) groups is 2. The van der Waals surface area contributed by atoms with Gasteiger partial charge in [0, 0.05) is 12.6 Å². The molecule has 0 bridgehead atoms. The third-order valence-electron chi connectivity index (χ3n) is 2.46. The van der Waals surface area contributed by atoms with Gasteiger partial charge in [-0.1, -0.05) is 13.8 Å². The summed E-state index contributed by atoms with van der Waals surface area (Å²) in [5, 5.41) is 0. The lowest BCUT2D eigenvalue weighted by Gasteiger charge is -1.99. The van der Waals surface area contributed by atoms with E-state index >= 15 is 0 Å². The van der Waals surface area contributed by atoms with Crippen LogP contribution < -0.4 is 0 Å². The van der Waals surface area contributed by atoms with Crippen molar-refractivity contribution >= 4 is 22.6 Å². The van der Waals surface area contributed by atoms with Crippen LogP contribution in [0.25, 0.3) is 11.0 Å². The van der Waals surface area contributed by atoms with E-state index < -0.39 is 0 Å². The van der Waals surface area contributed by atoms with Crippen molar-refractivity contribution in [1.82, 2.24) is 9.55 Å². The third kappa shape index (κ3) is 3.03. The van der Waals surface area contributed by atoms with Crippen LogP contribution in [0.5, 0.6) is 0 Å². The fraction of sp³-hybridized carbons (Fsp3) is 0.357. The Morgan fingerprint density at radius 1 is 1.28 bits per heavy atom. The van der Waals surface area contributed by atoms with Crippen molar-refractivity contribution < 1.29 is 9.59 Å². The second-order valence-corrected chi connectivity index (χ2v) is 3.86. The molecule has 1 aromatic heterocycles. The lowest BCUT2D eigenvalue weighted by Crippen LogP contribution is -2.04. The van der Waals surface area contributed by atoms with E-state index in [0.29, 0.717) is 5.56 Å². The van der Waals surface area contributed by atoms with Gasteiger partial charge >= 0.3 is 0 Å². The predicted octanol–water partition coefficient (Wildman–Crippen LogP) is 2.76. The molecule has 0 aliphatic heterocycles. The maximum atomic E-state index is 11.7. The fourth-order valence-electron chi connectivity index (χ4n) is 1.64. The number of nitrogens with zero attached hydrogens (tertiary/aromatic N) is 2. The minimum atomic E-state index is -0.153. The first kappa shape index (κ1) is 14.1. The summed E-state index contributed by atoms with van der Waals surface area (Å²) in [5.74, 6) is -0.272. The van der Waals surface area contributed by atoms with Crippen LogP contribution in [0.2, 0.25) is 0 Å². The normalized spacial score (nSPS) is 9.78. The molecule has 18 heavy (non-hydrogen) atoms. The number of fused-ring (bicyclic) bond motifs is 1. The third-order valence-corrected chi connectivity index (χ3v) is 2.46. The smallest absolute Gasteiger partial charge is 0.170 e. The average molecular weight is 246 g/mol. The van der Waals surface area contributed by atoms with Gasteiger partial charge in [-0.15, -0.1) is 0 Å². The summed E-state index contributed by atoms with van der Waals surface area (Å²) >= 11 is 0. The van der Waals surface area contributed by atoms with Crippen molar-refractivity contribution in [3.63, 3.8) is 0 Å². The Morgan fingerprint density at radius 2 is 1.94 bits per heavy atom. The molecule has 4 nitrogen and oxygen atoms in total. The minimum absolute atomic E-state index is 0.0433. The molecule has 2 aromatic rings. The Morgan fingerprint density at radius 3 is 2.56 bits per heavy atom. The van der Waals surface area contributed by atoms with Gasteiger partial charge in [0.15, 0.2) is 5.78 Å². The number of rotatable bonds is 3. The number of carbonyl (C=O) groups excluding carboxylic acids is 2. The lowest BCUT2D eigenvalue weighted by molar-refractivity contribution is -0.116. The van der Waals surface area contributed by atoms with Gasteiger partial charge in [-0.3, -0.25) is 9.59 Å². The van der Waals surface area contributed by atoms with Gasteiger partial charge in [0.25, 0.3) is 0 Å². The molecule has 0 saturated heterocycles. The monoisotopic (exact) mass is 246 g/mol. The maximum Gasteiger partial charge on any atom is 0.170 e. The van der Waals surface area contributed by atoms with Crippen LogP contribution in [-0.2, 0) is 11.8 Å². The first-order valence-electron chi connectivity index (χ1n) is 6.01. The molecule has 0 amide bonds. The SMILES string of the molecule is CC.CC(=O)CC(=O)c1ccc2c(c1)ncn2C. The zero-order valence-corrected chi connectivity index (χ0v) is 11.2. The Hall–Kier alpha value is -1.97. The molecular weight excluding hydrogens is 228 g/mol. The van der Waals surface area contributed by atoms with Gasteiger partial charge in [0.1, 0.15) is 5.78 Å². The highest BCUT2D eigenvalue weighted by Crippen LogP contribution is 2.15. The predicted molar refractivity (Wildman–Crippen MR) is 71.7 cm³/mol. The van der Waals surface area contributed by atoms with E-state index in [1.807, 2.05) is 31.5 Å². The first-order chi connectivity index (χ1) is 8.58. The van der Waals surface area contributed by atoms with Crippen molar-refractivity contribution in [2.24, 2.45) is 7.05 Å². The average Bonchev–Trinajstić information content (AvgIpc) is 2.72. The van der Waals surface area contributed by atoms with Crippen LogP contribution in [0.3, 0.4) is 0 Å². The van der Waals surface area contributed by atoms with Gasteiger partial charge in [0.05, 0.1) is 23.8 Å². The molecule has 2 rings (SSSR count). The van der Waals surface area contributed by atoms with E-state index in [0.717, 1.165) is 11.0 Å². The Balaban J connectivity index is 0.000000771. The number of Topliss-reactive ketones (excluding diaryl/α,β-unsaturated/α-hetero) is 2. The molecule has 0 N–H and O–H groups in total. The lowest BCUT2D eigenvalue weighted by atomic mass is 10.1.